The number of ether oxygens (including phenoxy) is 3. The highest BCUT2D eigenvalue weighted by molar-refractivity contribution is 6.30. The largest absolute Gasteiger partial charge is 0.478 e. The number of halogens is 2. The Kier molecular flexibility index (Phi) is 8.00. The van der Waals surface area contributed by atoms with Crippen LogP contribution in [-0.2, 0) is 28.4 Å². The molecule has 1 unspecified atom stereocenters. The highest BCUT2D eigenvalue weighted by Gasteiger charge is 2.43. The van der Waals surface area contributed by atoms with E-state index in [1.807, 2.05) is 12.1 Å². The number of benzene rings is 2. The van der Waals surface area contributed by atoms with Gasteiger partial charge in [0.2, 0.25) is 0 Å². The van der Waals surface area contributed by atoms with E-state index in [2.05, 4.69) is 29.4 Å². The van der Waals surface area contributed by atoms with Gasteiger partial charge in [-0.25, -0.2) is 14.2 Å². The lowest BCUT2D eigenvalue weighted by atomic mass is 9.88. The van der Waals surface area contributed by atoms with Crippen LogP contribution in [-0.4, -0.2) is 50.8 Å². The van der Waals surface area contributed by atoms with Crippen LogP contribution in [0, 0.1) is 11.7 Å². The fourth-order valence-electron chi connectivity index (χ4n) is 6.63. The number of carbonyl (C=O) groups is 1. The Hall–Kier alpha value is -3.40. The second-order valence-electron chi connectivity index (χ2n) is 12.5. The second kappa shape index (κ2) is 11.6. The number of para-hydroxylation sites is 1. The van der Waals surface area contributed by atoms with Crippen LogP contribution in [0.25, 0.3) is 6.08 Å². The standard InChI is InChI=1S/C33H37ClFN3O5/c1-32(2)16-21(20-41-32)18-38-24(8-10-30(39)40)17-36-29(38)19-37-13-11-22(12-14-37)25-5-4-6-28-31(25)43-33(3,42-28)26-9-7-23(34)15-27(26)35/h4-10,15,17,21-22H,11-14,16,18-20H2,1-3H3,(H,39,40)/b10-8+/t21?,33-/m0/s1. The molecule has 3 aliphatic heterocycles. The van der Waals surface area contributed by atoms with E-state index in [9.17, 15) is 14.3 Å². The van der Waals surface area contributed by atoms with Gasteiger partial charge in [-0.15, -0.1) is 0 Å². The summed E-state index contributed by atoms with van der Waals surface area (Å²) in [6.07, 6.45) is 7.32. The number of nitrogens with zero attached hydrogens (tertiary/aromatic N) is 3. The van der Waals surface area contributed by atoms with Crippen LogP contribution in [0.3, 0.4) is 0 Å². The number of fused-ring (bicyclic) bond motifs is 1. The number of hydrogen-bond donors (Lipinski definition) is 1. The summed E-state index contributed by atoms with van der Waals surface area (Å²) in [6, 6.07) is 10.4. The van der Waals surface area contributed by atoms with Crippen LogP contribution in [0.4, 0.5) is 4.39 Å². The number of aromatic nitrogens is 2. The van der Waals surface area contributed by atoms with E-state index in [0.717, 1.165) is 62.1 Å². The Morgan fingerprint density at radius 3 is 2.67 bits per heavy atom. The molecule has 2 aromatic carbocycles. The van der Waals surface area contributed by atoms with Crippen LogP contribution in [0.15, 0.2) is 48.7 Å². The third-order valence-electron chi connectivity index (χ3n) is 8.72. The maximum absolute atomic E-state index is 14.8. The van der Waals surface area contributed by atoms with Gasteiger partial charge in [-0.3, -0.25) is 4.90 Å². The van der Waals surface area contributed by atoms with Gasteiger partial charge in [-0.05, 0) is 82.5 Å². The molecule has 1 N–H and O–H groups in total. The van der Waals surface area contributed by atoms with E-state index in [1.54, 1.807) is 31.3 Å². The van der Waals surface area contributed by atoms with Crippen molar-refractivity contribution in [1.82, 2.24) is 14.5 Å². The summed E-state index contributed by atoms with van der Waals surface area (Å²) < 4.78 is 35.4. The van der Waals surface area contributed by atoms with E-state index >= 15 is 0 Å². The summed E-state index contributed by atoms with van der Waals surface area (Å²) in [5.74, 6) is 0.0657. The van der Waals surface area contributed by atoms with Crippen LogP contribution in [0.1, 0.15) is 68.6 Å². The molecule has 3 aromatic rings. The minimum Gasteiger partial charge on any atom is -0.478 e. The molecule has 43 heavy (non-hydrogen) atoms. The van der Waals surface area contributed by atoms with E-state index in [1.165, 1.54) is 6.07 Å². The van der Waals surface area contributed by atoms with E-state index in [4.69, 9.17) is 30.8 Å². The molecule has 10 heteroatoms. The van der Waals surface area contributed by atoms with Crippen molar-refractivity contribution in [3.05, 3.63) is 82.2 Å². The molecule has 2 saturated heterocycles. The minimum absolute atomic E-state index is 0.156. The normalized spacial score (nSPS) is 23.8. The van der Waals surface area contributed by atoms with Crippen LogP contribution >= 0.6 is 11.6 Å². The quantitative estimate of drug-likeness (QED) is 0.288. The van der Waals surface area contributed by atoms with Gasteiger partial charge in [0.25, 0.3) is 5.79 Å². The van der Waals surface area contributed by atoms with E-state index in [0.29, 0.717) is 41.2 Å². The summed E-state index contributed by atoms with van der Waals surface area (Å²) in [7, 11) is 0. The maximum Gasteiger partial charge on any atom is 0.328 e. The first-order chi connectivity index (χ1) is 20.5. The van der Waals surface area contributed by atoms with Gasteiger partial charge in [0, 0.05) is 36.0 Å². The molecule has 228 valence electrons. The first kappa shape index (κ1) is 29.7. The Balaban J connectivity index is 1.14. The molecule has 8 nitrogen and oxygen atoms in total. The number of imidazole rings is 1. The lowest BCUT2D eigenvalue weighted by molar-refractivity contribution is -0.131. The second-order valence-corrected chi connectivity index (χ2v) is 13.0. The van der Waals surface area contributed by atoms with Crippen LogP contribution in [0.2, 0.25) is 5.02 Å². The predicted molar refractivity (Wildman–Crippen MR) is 161 cm³/mol. The maximum atomic E-state index is 14.8. The molecule has 6 rings (SSSR count). The van der Waals surface area contributed by atoms with Crippen LogP contribution in [0.5, 0.6) is 11.5 Å². The van der Waals surface area contributed by atoms with Crippen molar-refractivity contribution >= 4 is 23.6 Å². The number of aliphatic carboxylic acids is 1. The topological polar surface area (TPSA) is 86.1 Å². The van der Waals surface area contributed by atoms with Gasteiger partial charge < -0.3 is 23.9 Å². The Bertz CT molecular complexity index is 1550. The first-order valence-corrected chi connectivity index (χ1v) is 15.2. The van der Waals surface area contributed by atoms with Crippen molar-refractivity contribution in [3.63, 3.8) is 0 Å². The SMILES string of the molecule is CC1(C)CC(Cn2c(/C=C/C(=O)O)cnc2CN2CCC(c3cccc4c3O[C@@](C)(c3ccc(Cl)cc3F)O4)CC2)CO1. The van der Waals surface area contributed by atoms with Gasteiger partial charge in [0.15, 0.2) is 11.5 Å². The van der Waals surface area contributed by atoms with Gasteiger partial charge in [0.1, 0.15) is 11.6 Å². The zero-order valence-corrected chi connectivity index (χ0v) is 25.4. The number of hydrogen-bond acceptors (Lipinski definition) is 6. The van der Waals surface area contributed by atoms with E-state index in [-0.39, 0.29) is 11.5 Å². The van der Waals surface area contributed by atoms with Gasteiger partial charge in [0.05, 0.1) is 36.2 Å². The van der Waals surface area contributed by atoms with Crippen LogP contribution < -0.4 is 9.47 Å². The molecule has 0 saturated carbocycles. The lowest BCUT2D eigenvalue weighted by Gasteiger charge is -2.32. The third-order valence-corrected chi connectivity index (χ3v) is 8.96. The monoisotopic (exact) mass is 609 g/mol. The molecule has 0 bridgehead atoms. The molecule has 4 heterocycles. The molecule has 2 fully saturated rings. The number of carboxylic acids is 1. The lowest BCUT2D eigenvalue weighted by Crippen LogP contribution is -2.34. The molecule has 0 amide bonds. The summed E-state index contributed by atoms with van der Waals surface area (Å²) in [6.45, 7) is 9.75. The summed E-state index contributed by atoms with van der Waals surface area (Å²) >= 11 is 5.97. The molecular weight excluding hydrogens is 573 g/mol. The Morgan fingerprint density at radius 1 is 1.19 bits per heavy atom. The minimum atomic E-state index is -1.28. The highest BCUT2D eigenvalue weighted by atomic mass is 35.5. The molecule has 0 spiro atoms. The zero-order valence-electron chi connectivity index (χ0n) is 24.7. The van der Waals surface area contributed by atoms with Crippen molar-refractivity contribution in [1.29, 1.82) is 0 Å². The summed E-state index contributed by atoms with van der Waals surface area (Å²) in [5, 5.41) is 9.51. The third kappa shape index (κ3) is 6.30. The van der Waals surface area contributed by atoms with Crippen molar-refractivity contribution in [3.8, 4) is 11.5 Å². The molecule has 0 aliphatic carbocycles. The Morgan fingerprint density at radius 2 is 1.98 bits per heavy atom. The summed E-state index contributed by atoms with van der Waals surface area (Å²) in [4.78, 5) is 18.3. The van der Waals surface area contributed by atoms with Gasteiger partial charge in [-0.2, -0.15) is 0 Å². The average Bonchev–Trinajstić information content (AvgIpc) is 3.61. The Labute approximate surface area is 256 Å². The molecular formula is C33H37ClFN3O5. The predicted octanol–water partition coefficient (Wildman–Crippen LogP) is 6.61. The summed E-state index contributed by atoms with van der Waals surface area (Å²) in [5.41, 5.74) is 2.00. The highest BCUT2D eigenvalue weighted by Crippen LogP contribution is 2.50. The van der Waals surface area contributed by atoms with Crippen molar-refractivity contribution in [2.45, 2.75) is 70.4 Å². The van der Waals surface area contributed by atoms with E-state index < -0.39 is 17.6 Å². The molecule has 3 aliphatic rings. The zero-order chi connectivity index (χ0) is 30.4. The van der Waals surface area contributed by atoms with Crippen molar-refractivity contribution in [2.24, 2.45) is 5.92 Å². The molecule has 0 radical (unpaired) electrons. The number of rotatable bonds is 8. The van der Waals surface area contributed by atoms with Gasteiger partial charge >= 0.3 is 5.97 Å². The average molecular weight is 610 g/mol. The molecule has 2 atom stereocenters. The number of piperidine rings is 1. The fourth-order valence-corrected chi connectivity index (χ4v) is 6.79. The number of likely N-dealkylation sites (tertiary alicyclic amines) is 1. The smallest absolute Gasteiger partial charge is 0.328 e. The van der Waals surface area contributed by atoms with Crippen molar-refractivity contribution < 1.29 is 28.5 Å². The fraction of sp³-hybridized carbons (Fsp3) is 0.455. The first-order valence-electron chi connectivity index (χ1n) is 14.8. The number of carboxylic acid groups (broad SMARTS) is 1. The van der Waals surface area contributed by atoms with Gasteiger partial charge in [-0.1, -0.05) is 23.7 Å². The van der Waals surface area contributed by atoms with Crippen molar-refractivity contribution in [2.75, 3.05) is 19.7 Å². The molecule has 1 aromatic heterocycles.